The van der Waals surface area contributed by atoms with Crippen molar-refractivity contribution in [1.29, 1.82) is 0 Å². The Morgan fingerprint density at radius 2 is 1.17 bits per heavy atom. The fourth-order valence-electron chi connectivity index (χ4n) is 3.01. The topological polar surface area (TPSA) is 78.4 Å². The number of esters is 2. The lowest BCUT2D eigenvalue weighted by Crippen LogP contribution is -2.23. The molecule has 2 heterocycles. The first-order valence-electron chi connectivity index (χ1n) is 10.3. The molecule has 0 radical (unpaired) electrons. The summed E-state index contributed by atoms with van der Waals surface area (Å²) < 4.78 is 10.9. The third-order valence-corrected chi connectivity index (χ3v) is 4.94. The van der Waals surface area contributed by atoms with Gasteiger partial charge in [0, 0.05) is 24.8 Å². The van der Waals surface area contributed by atoms with E-state index in [1.54, 1.807) is 36.7 Å². The Labute approximate surface area is 179 Å². The number of nitrogens with zero attached hydrogens (tertiary/aromatic N) is 2. The summed E-state index contributed by atoms with van der Waals surface area (Å²) in [7, 11) is 0. The van der Waals surface area contributed by atoms with Gasteiger partial charge in [-0.25, -0.2) is 9.59 Å². The van der Waals surface area contributed by atoms with Gasteiger partial charge in [-0.3, -0.25) is 9.97 Å². The van der Waals surface area contributed by atoms with E-state index in [2.05, 4.69) is 37.7 Å². The van der Waals surface area contributed by atoms with Crippen LogP contribution in [0.2, 0.25) is 0 Å². The van der Waals surface area contributed by atoms with Crippen molar-refractivity contribution in [2.24, 2.45) is 10.8 Å². The Kier molecular flexibility index (Phi) is 8.51. The molecule has 0 atom stereocenters. The fourth-order valence-corrected chi connectivity index (χ4v) is 3.01. The highest BCUT2D eigenvalue weighted by atomic mass is 16.5. The summed E-state index contributed by atoms with van der Waals surface area (Å²) in [6.07, 6.45) is 10.2. The predicted molar refractivity (Wildman–Crippen MR) is 115 cm³/mol. The van der Waals surface area contributed by atoms with E-state index in [9.17, 15) is 9.59 Å². The maximum absolute atomic E-state index is 12.1. The second-order valence-corrected chi connectivity index (χ2v) is 9.17. The minimum absolute atomic E-state index is 0.102. The van der Waals surface area contributed by atoms with Crippen LogP contribution in [0.3, 0.4) is 0 Å². The van der Waals surface area contributed by atoms with E-state index in [4.69, 9.17) is 9.47 Å². The third-order valence-electron chi connectivity index (χ3n) is 4.94. The molecule has 0 saturated heterocycles. The molecule has 2 aromatic heterocycles. The molecule has 2 rings (SSSR count). The molecule has 2 aromatic rings. The van der Waals surface area contributed by atoms with Crippen molar-refractivity contribution in [3.05, 3.63) is 60.2 Å². The summed E-state index contributed by atoms with van der Waals surface area (Å²) >= 11 is 0. The number of hydrogen-bond acceptors (Lipinski definition) is 6. The Morgan fingerprint density at radius 3 is 1.50 bits per heavy atom. The summed E-state index contributed by atoms with van der Waals surface area (Å²) in [4.78, 5) is 32.0. The number of rotatable bonds is 11. The maximum atomic E-state index is 12.1. The number of ether oxygens (including phenoxy) is 2. The average Bonchev–Trinajstić information content (AvgIpc) is 2.75. The molecule has 162 valence electrons. The van der Waals surface area contributed by atoms with Crippen LogP contribution in [0, 0.1) is 10.8 Å². The van der Waals surface area contributed by atoms with Crippen LogP contribution in [0.4, 0.5) is 0 Å². The highest BCUT2D eigenvalue weighted by Crippen LogP contribution is 2.29. The molecule has 0 aliphatic rings. The van der Waals surface area contributed by atoms with Crippen LogP contribution in [0.1, 0.15) is 74.1 Å². The number of pyridine rings is 2. The van der Waals surface area contributed by atoms with Gasteiger partial charge in [0.2, 0.25) is 0 Å². The molecule has 0 saturated carbocycles. The third kappa shape index (κ3) is 8.31. The van der Waals surface area contributed by atoms with Crippen molar-refractivity contribution < 1.29 is 19.1 Å². The lowest BCUT2D eigenvalue weighted by Gasteiger charge is -2.27. The van der Waals surface area contributed by atoms with Crippen LogP contribution in [-0.2, 0) is 9.47 Å². The molecule has 0 unspecified atom stereocenters. The van der Waals surface area contributed by atoms with E-state index in [0.29, 0.717) is 24.3 Å². The van der Waals surface area contributed by atoms with Gasteiger partial charge in [0.05, 0.1) is 24.3 Å². The highest BCUT2D eigenvalue weighted by Gasteiger charge is 2.23. The van der Waals surface area contributed by atoms with Crippen LogP contribution in [0.5, 0.6) is 0 Å². The van der Waals surface area contributed by atoms with E-state index < -0.39 is 0 Å². The lowest BCUT2D eigenvalue weighted by molar-refractivity contribution is 0.0292. The van der Waals surface area contributed by atoms with E-state index in [1.165, 1.54) is 12.4 Å². The van der Waals surface area contributed by atoms with E-state index in [1.807, 2.05) is 0 Å². The molecule has 30 heavy (non-hydrogen) atoms. The Bertz CT molecular complexity index is 735. The van der Waals surface area contributed by atoms with Gasteiger partial charge < -0.3 is 9.47 Å². The van der Waals surface area contributed by atoms with Crippen LogP contribution >= 0.6 is 0 Å². The number of carbonyl (C=O) groups excluding carboxylic acids is 2. The zero-order chi connectivity index (χ0) is 22.0. The molecule has 0 amide bonds. The molecule has 0 bridgehead atoms. The summed E-state index contributed by atoms with van der Waals surface area (Å²) in [5, 5.41) is 0. The monoisotopic (exact) mass is 412 g/mol. The molecule has 0 aliphatic heterocycles. The van der Waals surface area contributed by atoms with E-state index in [-0.39, 0.29) is 22.8 Å². The number of hydrogen-bond donors (Lipinski definition) is 0. The van der Waals surface area contributed by atoms with Crippen molar-refractivity contribution >= 4 is 11.9 Å². The molecule has 0 fully saturated rings. The molecular formula is C24H32N2O4. The molecule has 0 aliphatic carbocycles. The van der Waals surface area contributed by atoms with Gasteiger partial charge in [0.15, 0.2) is 0 Å². The van der Waals surface area contributed by atoms with Gasteiger partial charge in [0.25, 0.3) is 0 Å². The minimum atomic E-state index is -0.340. The zero-order valence-electron chi connectivity index (χ0n) is 18.4. The minimum Gasteiger partial charge on any atom is -0.461 e. The second kappa shape index (κ2) is 10.9. The van der Waals surface area contributed by atoms with Crippen molar-refractivity contribution in [2.75, 3.05) is 13.2 Å². The molecular weight excluding hydrogens is 380 g/mol. The van der Waals surface area contributed by atoms with Crippen LogP contribution in [0.15, 0.2) is 49.1 Å². The molecule has 0 N–H and O–H groups in total. The smallest absolute Gasteiger partial charge is 0.339 e. The number of carbonyl (C=O) groups is 2. The van der Waals surface area contributed by atoms with Crippen LogP contribution in [-0.4, -0.2) is 35.1 Å². The quantitative estimate of drug-likeness (QED) is 0.377. The SMILES string of the molecule is CC(C)(CCCCC(C)(C)COC(=O)c1cccnc1)COC(=O)c1cccnc1. The maximum Gasteiger partial charge on any atom is 0.339 e. The van der Waals surface area contributed by atoms with Gasteiger partial charge in [-0.15, -0.1) is 0 Å². The molecule has 6 nitrogen and oxygen atoms in total. The Balaban J connectivity index is 1.67. The van der Waals surface area contributed by atoms with Crippen molar-refractivity contribution in [2.45, 2.75) is 53.4 Å². The zero-order valence-corrected chi connectivity index (χ0v) is 18.4. The van der Waals surface area contributed by atoms with Crippen molar-refractivity contribution in [3.63, 3.8) is 0 Å². The van der Waals surface area contributed by atoms with E-state index >= 15 is 0 Å². The van der Waals surface area contributed by atoms with Crippen LogP contribution in [0.25, 0.3) is 0 Å². The van der Waals surface area contributed by atoms with Gasteiger partial charge >= 0.3 is 11.9 Å². The molecule has 6 heteroatoms. The molecule has 0 spiro atoms. The normalized spacial score (nSPS) is 11.7. The average molecular weight is 413 g/mol. The Hall–Kier alpha value is -2.76. The second-order valence-electron chi connectivity index (χ2n) is 9.17. The summed E-state index contributed by atoms with van der Waals surface area (Å²) in [6.45, 7) is 9.14. The first kappa shape index (κ1) is 23.5. The van der Waals surface area contributed by atoms with Crippen LogP contribution < -0.4 is 0 Å². The van der Waals surface area contributed by atoms with Gasteiger partial charge in [-0.2, -0.15) is 0 Å². The van der Waals surface area contributed by atoms with Gasteiger partial charge in [0.1, 0.15) is 0 Å². The lowest BCUT2D eigenvalue weighted by atomic mass is 9.84. The number of aromatic nitrogens is 2. The van der Waals surface area contributed by atoms with Gasteiger partial charge in [-0.1, -0.05) is 40.5 Å². The summed E-state index contributed by atoms with van der Waals surface area (Å²) in [5.74, 6) is -0.680. The first-order chi connectivity index (χ1) is 14.2. The highest BCUT2D eigenvalue weighted by molar-refractivity contribution is 5.89. The number of unbranched alkanes of at least 4 members (excludes halogenated alkanes) is 1. The fraction of sp³-hybridized carbons (Fsp3) is 0.500. The molecule has 0 aromatic carbocycles. The predicted octanol–water partition coefficient (Wildman–Crippen LogP) is 5.10. The summed E-state index contributed by atoms with van der Waals surface area (Å²) in [6, 6.07) is 6.84. The summed E-state index contributed by atoms with van der Waals surface area (Å²) in [5.41, 5.74) is 0.732. The standard InChI is InChI=1S/C24H32N2O4/c1-23(2,17-29-21(27)19-9-7-13-25-15-19)11-5-6-12-24(3,4)18-30-22(28)20-10-8-14-26-16-20/h7-10,13-16H,5-6,11-12,17-18H2,1-4H3. The van der Waals surface area contributed by atoms with E-state index in [0.717, 1.165) is 25.7 Å². The largest absolute Gasteiger partial charge is 0.461 e. The first-order valence-corrected chi connectivity index (χ1v) is 10.3. The van der Waals surface area contributed by atoms with Crippen molar-refractivity contribution in [1.82, 2.24) is 9.97 Å². The Morgan fingerprint density at radius 1 is 0.767 bits per heavy atom. The van der Waals surface area contributed by atoms with Crippen molar-refractivity contribution in [3.8, 4) is 0 Å². The van der Waals surface area contributed by atoms with Gasteiger partial charge in [-0.05, 0) is 47.9 Å².